The van der Waals surface area contributed by atoms with Gasteiger partial charge in [-0.3, -0.25) is 4.79 Å². The molecular weight excluding hydrogens is 300 g/mol. The molecule has 3 heteroatoms. The first-order valence-electron chi connectivity index (χ1n) is 10.1. The van der Waals surface area contributed by atoms with Crippen molar-refractivity contribution in [1.82, 2.24) is 0 Å². The Hall–Kier alpha value is -0.570. The number of hydrogen-bond donors (Lipinski definition) is 0. The van der Waals surface area contributed by atoms with Crippen molar-refractivity contribution < 1.29 is 14.3 Å². The maximum atomic E-state index is 12.5. The van der Waals surface area contributed by atoms with E-state index in [0.29, 0.717) is 29.8 Å². The summed E-state index contributed by atoms with van der Waals surface area (Å²) in [7, 11) is 0. The number of ether oxygens (including phenoxy) is 2. The number of carbonyl (C=O) groups excluding carboxylic acids is 1. The molecule has 0 amide bonds. The van der Waals surface area contributed by atoms with E-state index < -0.39 is 0 Å². The molecule has 0 N–H and O–H groups in total. The first-order chi connectivity index (χ1) is 11.3. The topological polar surface area (TPSA) is 35.5 Å². The van der Waals surface area contributed by atoms with Gasteiger partial charge in [-0.15, -0.1) is 0 Å². The maximum Gasteiger partial charge on any atom is 0.309 e. The smallest absolute Gasteiger partial charge is 0.309 e. The summed E-state index contributed by atoms with van der Waals surface area (Å²) in [6, 6.07) is 0. The van der Waals surface area contributed by atoms with E-state index in [1.807, 2.05) is 0 Å². The minimum atomic E-state index is -0.249. The Morgan fingerprint density at radius 3 is 2.58 bits per heavy atom. The molecule has 0 aromatic rings. The van der Waals surface area contributed by atoms with Crippen molar-refractivity contribution in [2.24, 2.45) is 22.7 Å². The lowest BCUT2D eigenvalue weighted by molar-refractivity contribution is -0.265. The van der Waals surface area contributed by atoms with Crippen LogP contribution in [0.4, 0.5) is 0 Å². The standard InChI is InChI=1S/C21H34O3/c1-5-23-20-11-7-16-19(4)10-6-9-18(2,3)15(19)8-12-21(16,14-20)24-17(22)13-20/h15-16H,5-14H2,1-4H3/t15-,16+,19-,20+,21+/m0/s1. The first-order valence-corrected chi connectivity index (χ1v) is 10.1. The summed E-state index contributed by atoms with van der Waals surface area (Å²) in [5.41, 5.74) is 0.243. The quantitative estimate of drug-likeness (QED) is 0.676. The fraction of sp³-hybridized carbons (Fsp3) is 0.952. The summed E-state index contributed by atoms with van der Waals surface area (Å²) >= 11 is 0. The van der Waals surface area contributed by atoms with Crippen molar-refractivity contribution >= 4 is 5.97 Å². The predicted molar refractivity (Wildman–Crippen MR) is 93.6 cm³/mol. The van der Waals surface area contributed by atoms with Crippen LogP contribution in [0.5, 0.6) is 0 Å². The van der Waals surface area contributed by atoms with Crippen LogP contribution < -0.4 is 0 Å². The molecule has 0 aromatic carbocycles. The molecule has 4 aliphatic rings. The molecule has 2 bridgehead atoms. The van der Waals surface area contributed by atoms with Crippen LogP contribution in [0.3, 0.4) is 0 Å². The second-order valence-corrected chi connectivity index (χ2v) is 10.0. The minimum Gasteiger partial charge on any atom is -0.459 e. The lowest BCUT2D eigenvalue weighted by Gasteiger charge is -2.66. The third kappa shape index (κ3) is 2.22. The molecule has 136 valence electrons. The molecule has 3 nitrogen and oxygen atoms in total. The number of fused-ring (bicyclic) bond motifs is 3. The zero-order valence-electron chi connectivity index (χ0n) is 16.0. The van der Waals surface area contributed by atoms with Crippen LogP contribution in [-0.2, 0) is 14.3 Å². The average Bonchev–Trinajstić information content (AvgIpc) is 2.44. The Balaban J connectivity index is 1.71. The summed E-state index contributed by atoms with van der Waals surface area (Å²) in [5.74, 6) is 1.26. The van der Waals surface area contributed by atoms with Crippen LogP contribution in [0.25, 0.3) is 0 Å². The molecule has 0 aromatic heterocycles. The van der Waals surface area contributed by atoms with Crippen molar-refractivity contribution in [3.8, 4) is 0 Å². The van der Waals surface area contributed by atoms with Gasteiger partial charge in [-0.05, 0) is 62.2 Å². The fourth-order valence-electron chi connectivity index (χ4n) is 7.63. The van der Waals surface area contributed by atoms with Crippen LogP contribution in [-0.4, -0.2) is 23.8 Å². The van der Waals surface area contributed by atoms with Gasteiger partial charge in [-0.25, -0.2) is 0 Å². The molecule has 0 radical (unpaired) electrons. The highest BCUT2D eigenvalue weighted by Gasteiger charge is 2.66. The largest absolute Gasteiger partial charge is 0.459 e. The van der Waals surface area contributed by atoms with Gasteiger partial charge >= 0.3 is 5.97 Å². The van der Waals surface area contributed by atoms with E-state index in [1.54, 1.807) is 0 Å². The lowest BCUT2D eigenvalue weighted by atomic mass is 9.42. The van der Waals surface area contributed by atoms with Crippen LogP contribution in [0, 0.1) is 22.7 Å². The van der Waals surface area contributed by atoms with Gasteiger partial charge in [-0.1, -0.05) is 27.2 Å². The summed E-state index contributed by atoms with van der Waals surface area (Å²) in [6.45, 7) is 10.2. The molecule has 3 aliphatic carbocycles. The van der Waals surface area contributed by atoms with E-state index in [4.69, 9.17) is 9.47 Å². The zero-order valence-corrected chi connectivity index (χ0v) is 16.0. The molecular formula is C21H34O3. The highest BCUT2D eigenvalue weighted by Crippen LogP contribution is 2.67. The predicted octanol–water partition coefficient (Wildman–Crippen LogP) is 4.87. The second kappa shape index (κ2) is 5.22. The molecule has 1 aliphatic heterocycles. The minimum absolute atomic E-state index is 0.0171. The van der Waals surface area contributed by atoms with E-state index >= 15 is 0 Å². The summed E-state index contributed by atoms with van der Waals surface area (Å²) in [5, 5.41) is 0. The third-order valence-corrected chi connectivity index (χ3v) is 8.31. The van der Waals surface area contributed by atoms with Gasteiger partial charge in [0.2, 0.25) is 0 Å². The Morgan fingerprint density at radius 2 is 1.83 bits per heavy atom. The van der Waals surface area contributed by atoms with E-state index in [0.717, 1.165) is 31.6 Å². The first kappa shape index (κ1) is 16.9. The monoisotopic (exact) mass is 334 g/mol. The van der Waals surface area contributed by atoms with E-state index in [1.165, 1.54) is 25.7 Å². The van der Waals surface area contributed by atoms with Gasteiger partial charge in [-0.2, -0.15) is 0 Å². The SMILES string of the molecule is CCO[C@@]12CC[C@H]3[C@@](CC[C@H]4C(C)(C)CCC[C@@]43C)(C1)OC(=O)C2. The number of hydrogen-bond acceptors (Lipinski definition) is 3. The van der Waals surface area contributed by atoms with Crippen molar-refractivity contribution in [2.45, 2.75) is 96.7 Å². The van der Waals surface area contributed by atoms with Gasteiger partial charge in [0, 0.05) is 18.9 Å². The Morgan fingerprint density at radius 1 is 1.08 bits per heavy atom. The summed E-state index contributed by atoms with van der Waals surface area (Å²) in [4.78, 5) is 12.5. The molecule has 4 rings (SSSR count). The van der Waals surface area contributed by atoms with Crippen molar-refractivity contribution in [3.63, 3.8) is 0 Å². The Kier molecular flexibility index (Phi) is 3.67. The van der Waals surface area contributed by atoms with E-state index in [2.05, 4.69) is 27.7 Å². The third-order valence-electron chi connectivity index (χ3n) is 8.31. The van der Waals surface area contributed by atoms with E-state index in [-0.39, 0.29) is 17.2 Å². The Bertz CT molecular complexity index is 541. The molecule has 1 spiro atoms. The van der Waals surface area contributed by atoms with Gasteiger partial charge in [0.1, 0.15) is 5.60 Å². The number of esters is 1. The van der Waals surface area contributed by atoms with Crippen LogP contribution >= 0.6 is 0 Å². The fourth-order valence-corrected chi connectivity index (χ4v) is 7.63. The van der Waals surface area contributed by atoms with Crippen molar-refractivity contribution in [3.05, 3.63) is 0 Å². The number of carbonyl (C=O) groups is 1. The van der Waals surface area contributed by atoms with Gasteiger partial charge in [0.05, 0.1) is 12.0 Å². The Labute approximate surface area is 146 Å². The summed E-state index contributed by atoms with van der Waals surface area (Å²) < 4.78 is 12.3. The normalized spacial score (nSPS) is 49.8. The molecule has 1 heterocycles. The summed E-state index contributed by atoms with van der Waals surface area (Å²) in [6.07, 6.45) is 9.80. The van der Waals surface area contributed by atoms with Crippen LogP contribution in [0.15, 0.2) is 0 Å². The maximum absolute atomic E-state index is 12.5. The van der Waals surface area contributed by atoms with Crippen molar-refractivity contribution in [1.29, 1.82) is 0 Å². The second-order valence-electron chi connectivity index (χ2n) is 10.0. The van der Waals surface area contributed by atoms with Gasteiger partial charge in [0.25, 0.3) is 0 Å². The van der Waals surface area contributed by atoms with Gasteiger partial charge in [0.15, 0.2) is 0 Å². The van der Waals surface area contributed by atoms with Crippen LogP contribution in [0.2, 0.25) is 0 Å². The zero-order chi connectivity index (χ0) is 17.2. The number of rotatable bonds is 2. The molecule has 4 fully saturated rings. The highest BCUT2D eigenvalue weighted by atomic mass is 16.6. The van der Waals surface area contributed by atoms with Crippen molar-refractivity contribution in [2.75, 3.05) is 6.61 Å². The molecule has 24 heavy (non-hydrogen) atoms. The average molecular weight is 335 g/mol. The molecule has 1 saturated heterocycles. The highest BCUT2D eigenvalue weighted by molar-refractivity contribution is 5.73. The lowest BCUT2D eigenvalue weighted by Crippen LogP contribution is -2.67. The van der Waals surface area contributed by atoms with Crippen LogP contribution in [0.1, 0.15) is 85.5 Å². The van der Waals surface area contributed by atoms with E-state index in [9.17, 15) is 4.79 Å². The molecule has 5 atom stereocenters. The molecule has 3 saturated carbocycles. The molecule has 0 unspecified atom stereocenters. The van der Waals surface area contributed by atoms with Gasteiger partial charge < -0.3 is 9.47 Å².